The summed E-state index contributed by atoms with van der Waals surface area (Å²) in [5.74, 6) is 0.265. The minimum atomic E-state index is -1.79. The van der Waals surface area contributed by atoms with Crippen LogP contribution in [0.3, 0.4) is 0 Å². The predicted octanol–water partition coefficient (Wildman–Crippen LogP) is 5.33. The molecule has 1 saturated heterocycles. The van der Waals surface area contributed by atoms with Crippen molar-refractivity contribution in [1.29, 1.82) is 0 Å². The topological polar surface area (TPSA) is 80.3 Å². The summed E-state index contributed by atoms with van der Waals surface area (Å²) in [6.45, 7) is 1.31. The number of hydrogen-bond donors (Lipinski definition) is 2. The molecule has 0 unspecified atom stereocenters. The Morgan fingerprint density at radius 1 is 1.10 bits per heavy atom. The smallest absolute Gasteiger partial charge is 0.317 e. The Balaban J connectivity index is 1.60. The van der Waals surface area contributed by atoms with Crippen molar-refractivity contribution in [2.75, 3.05) is 27.3 Å². The monoisotopic (exact) mass is 552 g/mol. The van der Waals surface area contributed by atoms with Gasteiger partial charge >= 0.3 is 6.03 Å². The minimum absolute atomic E-state index is 0.253. The van der Waals surface area contributed by atoms with Crippen molar-refractivity contribution in [1.82, 2.24) is 10.2 Å². The molecule has 0 spiro atoms. The third-order valence-electron chi connectivity index (χ3n) is 8.39. The first kappa shape index (κ1) is 25.8. The zero-order chi connectivity index (χ0) is 27.4. The number of aliphatic hydroxyl groups is 1. The zero-order valence-electron chi connectivity index (χ0n) is 21.7. The van der Waals surface area contributed by atoms with Crippen LogP contribution in [-0.4, -0.2) is 49.4 Å². The van der Waals surface area contributed by atoms with E-state index in [9.17, 15) is 14.3 Å². The van der Waals surface area contributed by atoms with Gasteiger partial charge in [0.25, 0.3) is 0 Å². The molecule has 3 aromatic rings. The van der Waals surface area contributed by atoms with E-state index in [0.717, 1.165) is 12.8 Å². The lowest BCUT2D eigenvalue weighted by Crippen LogP contribution is -2.57. The van der Waals surface area contributed by atoms with Crippen molar-refractivity contribution in [3.63, 3.8) is 0 Å². The highest BCUT2D eigenvalue weighted by molar-refractivity contribution is 6.30. The van der Waals surface area contributed by atoms with Crippen LogP contribution >= 0.6 is 11.6 Å². The van der Waals surface area contributed by atoms with Gasteiger partial charge in [0.15, 0.2) is 11.2 Å². The van der Waals surface area contributed by atoms with Gasteiger partial charge < -0.3 is 29.5 Å². The molecule has 0 bridgehead atoms. The highest BCUT2D eigenvalue weighted by Crippen LogP contribution is 2.68. The second kappa shape index (κ2) is 9.61. The summed E-state index contributed by atoms with van der Waals surface area (Å²) in [7, 11) is 3.05. The quantitative estimate of drug-likeness (QED) is 0.447. The lowest BCUT2D eigenvalue weighted by molar-refractivity contribution is -0.116. The Morgan fingerprint density at radius 2 is 1.85 bits per heavy atom. The van der Waals surface area contributed by atoms with Gasteiger partial charge in [-0.1, -0.05) is 35.9 Å². The number of halogens is 2. The van der Waals surface area contributed by atoms with Gasteiger partial charge in [-0.05, 0) is 54.7 Å². The largest absolute Gasteiger partial charge is 0.496 e. The average Bonchev–Trinajstić information content (AvgIpc) is 3.62. The van der Waals surface area contributed by atoms with E-state index in [1.165, 1.54) is 26.4 Å². The first-order valence-corrected chi connectivity index (χ1v) is 13.4. The number of ether oxygens (including phenoxy) is 3. The van der Waals surface area contributed by atoms with E-state index in [1.54, 1.807) is 47.4 Å². The number of amides is 2. The maximum absolute atomic E-state index is 14.6. The van der Waals surface area contributed by atoms with Gasteiger partial charge in [-0.15, -0.1) is 0 Å². The van der Waals surface area contributed by atoms with Crippen molar-refractivity contribution < 1.29 is 28.5 Å². The van der Waals surface area contributed by atoms with Crippen LogP contribution in [0.2, 0.25) is 5.02 Å². The fourth-order valence-electron chi connectivity index (χ4n) is 6.68. The fraction of sp³-hybridized carbons (Fsp3) is 0.367. The Bertz CT molecular complexity index is 1410. The molecule has 3 aliphatic rings. The summed E-state index contributed by atoms with van der Waals surface area (Å²) in [5, 5.41) is 16.7. The molecule has 2 N–H and O–H groups in total. The number of nitrogens with zero attached hydrogens (tertiary/aromatic N) is 1. The number of hydrogen-bond acceptors (Lipinski definition) is 5. The van der Waals surface area contributed by atoms with Gasteiger partial charge in [0.05, 0.1) is 25.8 Å². The molecule has 0 radical (unpaired) electrons. The number of nitrogens with one attached hydrogen (secondary N) is 1. The normalized spacial score (nSPS) is 27.1. The third-order valence-corrected chi connectivity index (χ3v) is 8.65. The van der Waals surface area contributed by atoms with E-state index in [0.29, 0.717) is 52.1 Å². The van der Waals surface area contributed by atoms with Crippen molar-refractivity contribution >= 4 is 17.6 Å². The molecule has 1 aliphatic carbocycles. The van der Waals surface area contributed by atoms with Gasteiger partial charge in [0.1, 0.15) is 23.1 Å². The summed E-state index contributed by atoms with van der Waals surface area (Å²) >= 11 is 6.26. The number of urea groups is 1. The van der Waals surface area contributed by atoms with Crippen molar-refractivity contribution in [2.45, 2.75) is 42.4 Å². The maximum atomic E-state index is 14.6. The molecule has 3 aromatic carbocycles. The molecule has 9 heteroatoms. The van der Waals surface area contributed by atoms with Gasteiger partial charge in [0.2, 0.25) is 0 Å². The van der Waals surface area contributed by atoms with Gasteiger partial charge in [-0.3, -0.25) is 0 Å². The molecule has 1 saturated carbocycles. The Kier molecular flexibility index (Phi) is 6.35. The van der Waals surface area contributed by atoms with E-state index in [1.807, 2.05) is 6.07 Å². The number of methoxy groups -OCH3 is 2. The molecule has 4 atom stereocenters. The third kappa shape index (κ3) is 3.84. The summed E-state index contributed by atoms with van der Waals surface area (Å²) in [6, 6.07) is 15.7. The van der Waals surface area contributed by atoms with E-state index in [4.69, 9.17) is 25.8 Å². The lowest BCUT2D eigenvalue weighted by atomic mass is 9.71. The summed E-state index contributed by atoms with van der Waals surface area (Å²) in [5.41, 5.74) is -1.55. The van der Waals surface area contributed by atoms with E-state index >= 15 is 0 Å². The molecule has 2 fully saturated rings. The number of carbonyl (C=O) groups is 1. The molecule has 204 valence electrons. The van der Waals surface area contributed by atoms with Crippen LogP contribution in [0.5, 0.6) is 17.2 Å². The summed E-state index contributed by atoms with van der Waals surface area (Å²) < 4.78 is 32.7. The highest BCUT2D eigenvalue weighted by Gasteiger charge is 2.74. The number of fused-ring (bicyclic) bond motifs is 3. The number of likely N-dealkylation sites (tertiary alicyclic amines) is 1. The molecule has 39 heavy (non-hydrogen) atoms. The van der Waals surface area contributed by atoms with Crippen LogP contribution in [0.25, 0.3) is 0 Å². The van der Waals surface area contributed by atoms with Gasteiger partial charge in [-0.25, -0.2) is 9.18 Å². The molecule has 0 aromatic heterocycles. The second-order valence-corrected chi connectivity index (χ2v) is 10.8. The second-order valence-electron chi connectivity index (χ2n) is 10.4. The maximum Gasteiger partial charge on any atom is 0.317 e. The minimum Gasteiger partial charge on any atom is -0.496 e. The van der Waals surface area contributed by atoms with E-state index < -0.39 is 29.0 Å². The van der Waals surface area contributed by atoms with Crippen LogP contribution in [0, 0.1) is 5.82 Å². The Hall–Kier alpha value is -3.49. The molecule has 2 heterocycles. The molecule has 2 amide bonds. The van der Waals surface area contributed by atoms with Gasteiger partial charge in [-0.2, -0.15) is 0 Å². The molecule has 7 nitrogen and oxygen atoms in total. The highest BCUT2D eigenvalue weighted by atomic mass is 35.5. The zero-order valence-corrected chi connectivity index (χ0v) is 22.5. The fourth-order valence-corrected chi connectivity index (χ4v) is 6.80. The van der Waals surface area contributed by atoms with Crippen molar-refractivity contribution in [3.8, 4) is 17.2 Å². The van der Waals surface area contributed by atoms with Crippen LogP contribution in [0.15, 0.2) is 60.7 Å². The Morgan fingerprint density at radius 3 is 2.51 bits per heavy atom. The summed E-state index contributed by atoms with van der Waals surface area (Å²) in [6.07, 6.45) is 2.15. The van der Waals surface area contributed by atoms with Crippen molar-refractivity contribution in [3.05, 3.63) is 88.2 Å². The first-order chi connectivity index (χ1) is 18.8. The number of benzene rings is 3. The van der Waals surface area contributed by atoms with E-state index in [-0.39, 0.29) is 12.5 Å². The molecule has 6 rings (SSSR count). The molecular formula is C30H30ClFN2O5. The SMILES string of the molecule is COc1cc(OC)c2c(c1)O[C@]1(c3ccc(Cl)cc3)[C@@H](c3cccc(F)c3)C[C@@H](NC(=O)N3CCCC3)[C@]21O. The van der Waals surface area contributed by atoms with Crippen molar-refractivity contribution in [2.24, 2.45) is 0 Å². The standard InChI is InChI=1S/C30H30ClFN2O5/c1-37-22-15-24(38-2)27-25(16-22)39-30(19-8-10-20(31)11-9-19)23(18-6-5-7-21(32)14-18)17-26(29(27,30)36)33-28(35)34-12-3-4-13-34/h5-11,14-16,23,26,36H,3-4,12-13,17H2,1-2H3,(H,33,35)/t23-,26-,29+,30-/m1/s1. The van der Waals surface area contributed by atoms with Crippen LogP contribution in [0.4, 0.5) is 9.18 Å². The average molecular weight is 553 g/mol. The number of rotatable bonds is 5. The van der Waals surface area contributed by atoms with Crippen LogP contribution in [-0.2, 0) is 11.2 Å². The van der Waals surface area contributed by atoms with Gasteiger partial charge in [0, 0.05) is 36.2 Å². The lowest BCUT2D eigenvalue weighted by Gasteiger charge is -2.42. The Labute approximate surface area is 231 Å². The molecule has 2 aliphatic heterocycles. The van der Waals surface area contributed by atoms with Crippen LogP contribution in [0.1, 0.15) is 41.9 Å². The first-order valence-electron chi connectivity index (χ1n) is 13.1. The molecular weight excluding hydrogens is 523 g/mol. The van der Waals surface area contributed by atoms with Crippen LogP contribution < -0.4 is 19.5 Å². The van der Waals surface area contributed by atoms with E-state index in [2.05, 4.69) is 5.32 Å². The summed E-state index contributed by atoms with van der Waals surface area (Å²) in [4.78, 5) is 15.2. The number of carbonyl (C=O) groups excluding carboxylic acids is 1. The predicted molar refractivity (Wildman–Crippen MR) is 144 cm³/mol.